The molecule has 3 aliphatic heterocycles. The van der Waals surface area contributed by atoms with E-state index in [-0.39, 0.29) is 17.9 Å². The van der Waals surface area contributed by atoms with Crippen molar-refractivity contribution >= 4 is 11.8 Å². The molecule has 2 aromatic rings. The van der Waals surface area contributed by atoms with Gasteiger partial charge in [-0.05, 0) is 75.2 Å². The van der Waals surface area contributed by atoms with Crippen molar-refractivity contribution in [2.45, 2.75) is 38.6 Å². The Morgan fingerprint density at radius 1 is 0.974 bits per heavy atom. The summed E-state index contributed by atoms with van der Waals surface area (Å²) < 4.78 is 11.8. The molecule has 2 aromatic carbocycles. The van der Waals surface area contributed by atoms with E-state index in [1.165, 1.54) is 0 Å². The monoisotopic (exact) mass is 520 g/mol. The first-order chi connectivity index (χ1) is 18.5. The van der Waals surface area contributed by atoms with Crippen molar-refractivity contribution in [3.8, 4) is 11.5 Å². The van der Waals surface area contributed by atoms with Crippen LogP contribution in [0.1, 0.15) is 59.3 Å². The topological polar surface area (TPSA) is 74.4 Å². The SMILES string of the molecule is CCOc1cc2c(cc1OCC)[C@@H]1[C@H](C(=O)NCCCN3CCN(C)CC3)c3ccccc3C(=O)N1CC2. The molecule has 0 bridgehead atoms. The van der Waals surface area contributed by atoms with Crippen LogP contribution in [0.15, 0.2) is 36.4 Å². The number of hydrogen-bond donors (Lipinski definition) is 1. The largest absolute Gasteiger partial charge is 0.490 e. The maximum Gasteiger partial charge on any atom is 0.254 e. The van der Waals surface area contributed by atoms with E-state index in [9.17, 15) is 9.59 Å². The number of benzene rings is 2. The van der Waals surface area contributed by atoms with Gasteiger partial charge in [0.05, 0.1) is 25.2 Å². The number of nitrogens with one attached hydrogen (secondary N) is 1. The van der Waals surface area contributed by atoms with Crippen LogP contribution in [-0.2, 0) is 11.2 Å². The first-order valence-electron chi connectivity index (χ1n) is 14.0. The van der Waals surface area contributed by atoms with E-state index in [4.69, 9.17) is 9.47 Å². The van der Waals surface area contributed by atoms with E-state index in [0.29, 0.717) is 49.8 Å². The van der Waals surface area contributed by atoms with Crippen molar-refractivity contribution in [2.75, 3.05) is 66.1 Å². The summed E-state index contributed by atoms with van der Waals surface area (Å²) in [5.41, 5.74) is 3.51. The summed E-state index contributed by atoms with van der Waals surface area (Å²) in [5, 5.41) is 3.22. The molecule has 8 nitrogen and oxygen atoms in total. The van der Waals surface area contributed by atoms with Crippen molar-refractivity contribution < 1.29 is 19.1 Å². The van der Waals surface area contributed by atoms with E-state index in [1.54, 1.807) is 0 Å². The van der Waals surface area contributed by atoms with Gasteiger partial charge >= 0.3 is 0 Å². The van der Waals surface area contributed by atoms with Gasteiger partial charge in [-0.1, -0.05) is 18.2 Å². The van der Waals surface area contributed by atoms with E-state index < -0.39 is 5.92 Å². The molecule has 3 aliphatic rings. The molecule has 3 heterocycles. The molecule has 0 aromatic heterocycles. The van der Waals surface area contributed by atoms with Gasteiger partial charge in [0.1, 0.15) is 0 Å². The zero-order valence-electron chi connectivity index (χ0n) is 22.9. The summed E-state index contributed by atoms with van der Waals surface area (Å²) in [6, 6.07) is 11.2. The van der Waals surface area contributed by atoms with Gasteiger partial charge in [-0.3, -0.25) is 9.59 Å². The zero-order valence-corrected chi connectivity index (χ0v) is 22.9. The summed E-state index contributed by atoms with van der Waals surface area (Å²) in [7, 11) is 2.16. The molecule has 5 rings (SSSR count). The van der Waals surface area contributed by atoms with Gasteiger partial charge in [0.15, 0.2) is 11.5 Å². The Labute approximate surface area is 225 Å². The van der Waals surface area contributed by atoms with E-state index in [2.05, 4.69) is 22.2 Å². The third kappa shape index (κ3) is 5.24. The van der Waals surface area contributed by atoms with Gasteiger partial charge < -0.3 is 29.5 Å². The minimum atomic E-state index is -0.487. The van der Waals surface area contributed by atoms with Gasteiger partial charge in [-0.25, -0.2) is 0 Å². The highest BCUT2D eigenvalue weighted by Crippen LogP contribution is 2.48. The van der Waals surface area contributed by atoms with Crippen molar-refractivity contribution in [3.63, 3.8) is 0 Å². The normalized spacial score (nSPS) is 21.3. The van der Waals surface area contributed by atoms with Gasteiger partial charge in [0, 0.05) is 44.8 Å². The second-order valence-electron chi connectivity index (χ2n) is 10.4. The third-order valence-corrected chi connectivity index (χ3v) is 8.01. The number of carbonyl (C=O) groups excluding carboxylic acids is 2. The fourth-order valence-electron chi connectivity index (χ4n) is 6.05. The average molecular weight is 521 g/mol. The lowest BCUT2D eigenvalue weighted by Crippen LogP contribution is -2.50. The Morgan fingerprint density at radius 3 is 2.42 bits per heavy atom. The predicted molar refractivity (Wildman–Crippen MR) is 147 cm³/mol. The molecule has 1 saturated heterocycles. The van der Waals surface area contributed by atoms with Crippen molar-refractivity contribution in [1.29, 1.82) is 0 Å². The molecule has 2 amide bonds. The fraction of sp³-hybridized carbons (Fsp3) is 0.533. The fourth-order valence-corrected chi connectivity index (χ4v) is 6.05. The van der Waals surface area contributed by atoms with Crippen LogP contribution >= 0.6 is 0 Å². The van der Waals surface area contributed by atoms with Crippen LogP contribution < -0.4 is 14.8 Å². The first kappa shape index (κ1) is 26.5. The molecule has 1 fully saturated rings. The molecule has 0 radical (unpaired) electrons. The number of piperazine rings is 1. The molecule has 0 unspecified atom stereocenters. The molecule has 0 spiro atoms. The Kier molecular flexibility index (Phi) is 8.19. The molecular weight excluding hydrogens is 480 g/mol. The Hall–Kier alpha value is -3.10. The van der Waals surface area contributed by atoms with Crippen LogP contribution in [-0.4, -0.2) is 92.6 Å². The number of ether oxygens (including phenoxy) is 2. The maximum absolute atomic E-state index is 13.9. The molecule has 2 atom stereocenters. The van der Waals surface area contributed by atoms with Crippen LogP contribution in [0.3, 0.4) is 0 Å². The number of likely N-dealkylation sites (N-methyl/N-ethyl adjacent to an activating group) is 1. The summed E-state index contributed by atoms with van der Waals surface area (Å²) in [4.78, 5) is 34.2. The van der Waals surface area contributed by atoms with Crippen molar-refractivity contribution in [2.24, 2.45) is 0 Å². The maximum atomic E-state index is 13.9. The van der Waals surface area contributed by atoms with Crippen molar-refractivity contribution in [3.05, 3.63) is 58.7 Å². The Morgan fingerprint density at radius 2 is 1.68 bits per heavy atom. The molecule has 0 aliphatic carbocycles. The number of rotatable bonds is 9. The van der Waals surface area contributed by atoms with Gasteiger partial charge in [-0.15, -0.1) is 0 Å². The molecule has 1 N–H and O–H groups in total. The first-order valence-corrected chi connectivity index (χ1v) is 14.0. The molecule has 204 valence electrons. The lowest BCUT2D eigenvalue weighted by molar-refractivity contribution is -0.124. The van der Waals surface area contributed by atoms with E-state index in [0.717, 1.165) is 55.8 Å². The Balaban J connectivity index is 1.42. The minimum absolute atomic E-state index is 0.0118. The van der Waals surface area contributed by atoms with E-state index >= 15 is 0 Å². The highest BCUT2D eigenvalue weighted by Gasteiger charge is 2.46. The van der Waals surface area contributed by atoms with Gasteiger partial charge in [-0.2, -0.15) is 0 Å². The molecule has 38 heavy (non-hydrogen) atoms. The number of fused-ring (bicyclic) bond motifs is 4. The number of amides is 2. The quantitative estimate of drug-likeness (QED) is 0.513. The third-order valence-electron chi connectivity index (χ3n) is 8.01. The van der Waals surface area contributed by atoms with Crippen molar-refractivity contribution in [1.82, 2.24) is 20.0 Å². The summed E-state index contributed by atoms with van der Waals surface area (Å²) in [6.07, 6.45) is 1.62. The van der Waals surface area contributed by atoms with Crippen LogP contribution in [0.25, 0.3) is 0 Å². The lowest BCUT2D eigenvalue weighted by Gasteiger charge is -2.45. The number of hydrogen-bond acceptors (Lipinski definition) is 6. The van der Waals surface area contributed by atoms with Crippen LogP contribution in [0.5, 0.6) is 11.5 Å². The second kappa shape index (κ2) is 11.7. The van der Waals surface area contributed by atoms with Gasteiger partial charge in [0.25, 0.3) is 5.91 Å². The predicted octanol–water partition coefficient (Wildman–Crippen LogP) is 3.07. The second-order valence-corrected chi connectivity index (χ2v) is 10.4. The summed E-state index contributed by atoms with van der Waals surface area (Å²) in [6.45, 7) is 11.4. The highest BCUT2D eigenvalue weighted by atomic mass is 16.5. The van der Waals surface area contributed by atoms with Crippen LogP contribution in [0.2, 0.25) is 0 Å². The number of carbonyl (C=O) groups is 2. The zero-order chi connectivity index (χ0) is 26.6. The van der Waals surface area contributed by atoms with Crippen LogP contribution in [0, 0.1) is 0 Å². The lowest BCUT2D eigenvalue weighted by atomic mass is 9.75. The summed E-state index contributed by atoms with van der Waals surface area (Å²) >= 11 is 0. The standard InChI is InChI=1S/C30H40N4O4/c1-4-37-25-19-21-11-14-34-28(24(21)20-26(25)38-5-2)27(22-9-6-7-10-23(22)30(34)36)29(35)31-12-8-13-33-17-15-32(3)16-18-33/h6-7,9-10,19-20,27-28H,4-5,8,11-18H2,1-3H3,(H,31,35)/t27-,28-/m1/s1. The molecule has 0 saturated carbocycles. The highest BCUT2D eigenvalue weighted by molar-refractivity contribution is 6.01. The summed E-state index contributed by atoms with van der Waals surface area (Å²) in [5.74, 6) is 0.848. The van der Waals surface area contributed by atoms with Crippen LogP contribution in [0.4, 0.5) is 0 Å². The Bertz CT molecular complexity index is 1160. The average Bonchev–Trinajstić information content (AvgIpc) is 2.93. The minimum Gasteiger partial charge on any atom is -0.490 e. The van der Waals surface area contributed by atoms with E-state index in [1.807, 2.05) is 55.1 Å². The smallest absolute Gasteiger partial charge is 0.254 e. The molecule has 8 heteroatoms. The number of nitrogens with zero attached hydrogens (tertiary/aromatic N) is 3. The van der Waals surface area contributed by atoms with Gasteiger partial charge in [0.2, 0.25) is 5.91 Å². The molecular formula is C30H40N4O4.